The normalized spacial score (nSPS) is 11.6. The van der Waals surface area contributed by atoms with Gasteiger partial charge >= 0.3 is 12.1 Å². The van der Waals surface area contributed by atoms with Crippen LogP contribution in [-0.2, 0) is 9.53 Å². The fraction of sp³-hybridized carbons (Fsp3) is 0.750. The van der Waals surface area contributed by atoms with Crippen molar-refractivity contribution >= 4 is 12.1 Å². The van der Waals surface area contributed by atoms with Crippen LogP contribution >= 0.6 is 0 Å². The number of ether oxygens (including phenoxy) is 1. The number of amides is 1. The van der Waals surface area contributed by atoms with E-state index in [0.29, 0.717) is 0 Å². The van der Waals surface area contributed by atoms with E-state index < -0.39 is 23.2 Å². The minimum Gasteiger partial charge on any atom is -0.480 e. The van der Waals surface area contributed by atoms with Gasteiger partial charge in [-0.15, -0.1) is 0 Å². The number of carboxylic acids is 1. The fourth-order valence-electron chi connectivity index (χ4n) is 1.19. The van der Waals surface area contributed by atoms with Gasteiger partial charge in [-0.2, -0.15) is 5.26 Å². The summed E-state index contributed by atoms with van der Waals surface area (Å²) in [5.74, 6) is -1.15. The van der Waals surface area contributed by atoms with E-state index in [-0.39, 0.29) is 13.0 Å². The predicted octanol–water partition coefficient (Wildman–Crippen LogP) is 2.00. The zero-order chi connectivity index (χ0) is 14.6. The predicted molar refractivity (Wildman–Crippen MR) is 64.9 cm³/mol. The Hall–Kier alpha value is -1.77. The van der Waals surface area contributed by atoms with Gasteiger partial charge in [-0.05, 0) is 34.6 Å². The Balaban J connectivity index is 5.07. The Morgan fingerprint density at radius 3 is 2.11 bits per heavy atom. The molecule has 0 bridgehead atoms. The average Bonchev–Trinajstić information content (AvgIpc) is 2.14. The minimum absolute atomic E-state index is 0.0186. The summed E-state index contributed by atoms with van der Waals surface area (Å²) < 4.78 is 5.15. The molecule has 0 aromatic heterocycles. The number of nitrogens with zero attached hydrogens (tertiary/aromatic N) is 2. The number of nitriles is 1. The molecule has 0 aromatic carbocycles. The minimum atomic E-state index is -1.42. The topological polar surface area (TPSA) is 90.6 Å². The molecule has 0 fully saturated rings. The van der Waals surface area contributed by atoms with Gasteiger partial charge in [0.15, 0.2) is 0 Å². The molecule has 0 saturated carbocycles. The van der Waals surface area contributed by atoms with E-state index in [4.69, 9.17) is 15.1 Å². The molecule has 0 unspecified atom stereocenters. The smallest absolute Gasteiger partial charge is 0.411 e. The molecule has 0 aliphatic heterocycles. The summed E-state index contributed by atoms with van der Waals surface area (Å²) in [7, 11) is 0. The van der Waals surface area contributed by atoms with Gasteiger partial charge in [0.25, 0.3) is 0 Å². The van der Waals surface area contributed by atoms with Crippen LogP contribution in [0.1, 0.15) is 41.0 Å². The summed E-state index contributed by atoms with van der Waals surface area (Å²) in [6.07, 6.45) is -0.680. The van der Waals surface area contributed by atoms with Gasteiger partial charge in [-0.25, -0.2) is 9.59 Å². The second-order valence-corrected chi connectivity index (χ2v) is 5.40. The number of hydrogen-bond donors (Lipinski definition) is 1. The van der Waals surface area contributed by atoms with Crippen LogP contribution in [0.3, 0.4) is 0 Å². The molecule has 6 nitrogen and oxygen atoms in total. The van der Waals surface area contributed by atoms with Gasteiger partial charge in [-0.3, -0.25) is 4.90 Å². The number of carbonyl (C=O) groups is 2. The second-order valence-electron chi connectivity index (χ2n) is 5.40. The third-order valence-electron chi connectivity index (χ3n) is 2.26. The van der Waals surface area contributed by atoms with Gasteiger partial charge in [0.05, 0.1) is 12.5 Å². The zero-order valence-corrected chi connectivity index (χ0v) is 11.5. The van der Waals surface area contributed by atoms with Crippen LogP contribution in [-0.4, -0.2) is 39.8 Å². The number of hydrogen-bond acceptors (Lipinski definition) is 4. The number of carbonyl (C=O) groups excluding carboxylic acids is 1. The van der Waals surface area contributed by atoms with Crippen LogP contribution < -0.4 is 0 Å². The van der Waals surface area contributed by atoms with Gasteiger partial charge in [-0.1, -0.05) is 0 Å². The van der Waals surface area contributed by atoms with E-state index in [9.17, 15) is 9.59 Å². The Kier molecular flexibility index (Phi) is 5.15. The van der Waals surface area contributed by atoms with Crippen molar-refractivity contribution in [3.05, 3.63) is 0 Å². The van der Waals surface area contributed by atoms with E-state index in [2.05, 4.69) is 0 Å². The molecule has 0 aliphatic rings. The highest BCUT2D eigenvalue weighted by atomic mass is 16.6. The van der Waals surface area contributed by atoms with Crippen molar-refractivity contribution in [1.29, 1.82) is 5.26 Å². The highest BCUT2D eigenvalue weighted by molar-refractivity contribution is 5.83. The quantitative estimate of drug-likeness (QED) is 0.830. The van der Waals surface area contributed by atoms with Crippen molar-refractivity contribution in [3.63, 3.8) is 0 Å². The molecule has 0 radical (unpaired) electrons. The first-order chi connectivity index (χ1) is 8.02. The van der Waals surface area contributed by atoms with Crippen molar-refractivity contribution in [1.82, 2.24) is 4.90 Å². The molecule has 102 valence electrons. The Morgan fingerprint density at radius 1 is 1.28 bits per heavy atom. The first kappa shape index (κ1) is 16.2. The lowest BCUT2D eigenvalue weighted by molar-refractivity contribution is -0.149. The van der Waals surface area contributed by atoms with Crippen molar-refractivity contribution in [2.24, 2.45) is 0 Å². The number of carboxylic acid groups (broad SMARTS) is 1. The third kappa shape index (κ3) is 4.62. The van der Waals surface area contributed by atoms with E-state index in [1.165, 1.54) is 13.8 Å². The SMILES string of the molecule is CC(C)(C)OC(=O)N(CCC#N)C(C)(C)C(=O)O. The molecule has 1 amide bonds. The number of rotatable bonds is 4. The summed E-state index contributed by atoms with van der Waals surface area (Å²) in [6.45, 7) is 7.90. The molecular formula is C12H20N2O4. The summed E-state index contributed by atoms with van der Waals surface area (Å²) in [4.78, 5) is 24.2. The van der Waals surface area contributed by atoms with Crippen LogP contribution in [0.4, 0.5) is 4.79 Å². The maximum atomic E-state index is 11.9. The molecule has 0 aromatic rings. The van der Waals surface area contributed by atoms with Crippen molar-refractivity contribution < 1.29 is 19.4 Å². The Morgan fingerprint density at radius 2 is 1.78 bits per heavy atom. The van der Waals surface area contributed by atoms with Crippen LogP contribution in [0.5, 0.6) is 0 Å². The van der Waals surface area contributed by atoms with E-state index in [1.54, 1.807) is 20.8 Å². The third-order valence-corrected chi connectivity index (χ3v) is 2.26. The standard InChI is InChI=1S/C12H20N2O4/c1-11(2,3)18-10(17)14(8-6-7-13)12(4,5)9(15)16/h6,8H2,1-5H3,(H,15,16). The first-order valence-electron chi connectivity index (χ1n) is 5.63. The first-order valence-corrected chi connectivity index (χ1v) is 5.63. The van der Waals surface area contributed by atoms with E-state index >= 15 is 0 Å². The molecular weight excluding hydrogens is 236 g/mol. The molecule has 0 atom stereocenters. The lowest BCUT2D eigenvalue weighted by Crippen LogP contribution is -2.54. The number of aliphatic carboxylic acids is 1. The van der Waals surface area contributed by atoms with Crippen LogP contribution in [0.25, 0.3) is 0 Å². The lowest BCUT2D eigenvalue weighted by Gasteiger charge is -2.35. The highest BCUT2D eigenvalue weighted by Gasteiger charge is 2.39. The summed E-state index contributed by atoms with van der Waals surface area (Å²) >= 11 is 0. The second kappa shape index (κ2) is 5.71. The van der Waals surface area contributed by atoms with Crippen molar-refractivity contribution in [2.75, 3.05) is 6.54 Å². The molecule has 0 aliphatic carbocycles. The lowest BCUT2D eigenvalue weighted by atomic mass is 10.0. The zero-order valence-electron chi connectivity index (χ0n) is 11.5. The fourth-order valence-corrected chi connectivity index (χ4v) is 1.19. The Bertz CT molecular complexity index is 363. The van der Waals surface area contributed by atoms with Crippen molar-refractivity contribution in [2.45, 2.75) is 52.2 Å². The maximum Gasteiger partial charge on any atom is 0.411 e. The monoisotopic (exact) mass is 256 g/mol. The molecule has 0 spiro atoms. The summed E-state index contributed by atoms with van der Waals surface area (Å²) in [5, 5.41) is 17.7. The maximum absolute atomic E-state index is 11.9. The van der Waals surface area contributed by atoms with Gasteiger partial charge in [0.2, 0.25) is 0 Å². The summed E-state index contributed by atoms with van der Waals surface area (Å²) in [5.41, 5.74) is -2.13. The molecule has 18 heavy (non-hydrogen) atoms. The van der Waals surface area contributed by atoms with Gasteiger partial charge in [0.1, 0.15) is 11.1 Å². The Labute approximate surface area is 107 Å². The molecule has 1 N–H and O–H groups in total. The van der Waals surface area contributed by atoms with Gasteiger partial charge < -0.3 is 9.84 Å². The van der Waals surface area contributed by atoms with Crippen LogP contribution in [0.2, 0.25) is 0 Å². The molecule has 0 saturated heterocycles. The summed E-state index contributed by atoms with van der Waals surface area (Å²) in [6, 6.07) is 1.88. The molecule has 6 heteroatoms. The van der Waals surface area contributed by atoms with Crippen LogP contribution in [0.15, 0.2) is 0 Å². The van der Waals surface area contributed by atoms with E-state index in [0.717, 1.165) is 4.90 Å². The molecule has 0 rings (SSSR count). The molecule has 0 heterocycles. The van der Waals surface area contributed by atoms with Crippen molar-refractivity contribution in [3.8, 4) is 6.07 Å². The average molecular weight is 256 g/mol. The van der Waals surface area contributed by atoms with E-state index in [1.807, 2.05) is 6.07 Å². The largest absolute Gasteiger partial charge is 0.480 e. The van der Waals surface area contributed by atoms with Gasteiger partial charge in [0, 0.05) is 6.54 Å². The highest BCUT2D eigenvalue weighted by Crippen LogP contribution is 2.19. The van der Waals surface area contributed by atoms with Crippen LogP contribution in [0, 0.1) is 11.3 Å².